The highest BCUT2D eigenvalue weighted by atomic mass is 32.2. The highest BCUT2D eigenvalue weighted by molar-refractivity contribution is 8.00. The maximum Gasteiger partial charge on any atom is 0.237 e. The number of para-hydroxylation sites is 1. The zero-order valence-corrected chi connectivity index (χ0v) is 12.2. The molecule has 1 aromatic carbocycles. The lowest BCUT2D eigenvalue weighted by Gasteiger charge is -2.29. The molecule has 106 valence electrons. The number of benzene rings is 1. The number of hydrogen-bond donors (Lipinski definition) is 0. The Kier molecular flexibility index (Phi) is 3.96. The van der Waals surface area contributed by atoms with E-state index in [4.69, 9.17) is 0 Å². The van der Waals surface area contributed by atoms with E-state index in [1.165, 1.54) is 0 Å². The van der Waals surface area contributed by atoms with Crippen LogP contribution in [0.25, 0.3) is 0 Å². The topological polar surface area (TPSA) is 40.6 Å². The lowest BCUT2D eigenvalue weighted by molar-refractivity contribution is -0.129. The molecule has 0 saturated carbocycles. The van der Waals surface area contributed by atoms with Crippen molar-refractivity contribution in [2.24, 2.45) is 0 Å². The van der Waals surface area contributed by atoms with E-state index in [0.29, 0.717) is 18.7 Å². The van der Waals surface area contributed by atoms with Gasteiger partial charge in [0, 0.05) is 31.0 Å². The van der Waals surface area contributed by atoms with Crippen LogP contribution in [-0.2, 0) is 9.59 Å². The van der Waals surface area contributed by atoms with Gasteiger partial charge in [0.1, 0.15) is 0 Å². The van der Waals surface area contributed by atoms with Gasteiger partial charge in [-0.3, -0.25) is 9.59 Å². The molecule has 20 heavy (non-hydrogen) atoms. The summed E-state index contributed by atoms with van der Waals surface area (Å²) in [6.45, 7) is 2.24. The van der Waals surface area contributed by atoms with Crippen molar-refractivity contribution < 1.29 is 9.59 Å². The van der Waals surface area contributed by atoms with Crippen LogP contribution < -0.4 is 4.90 Å². The maximum absolute atomic E-state index is 12.1. The van der Waals surface area contributed by atoms with E-state index in [9.17, 15) is 9.59 Å². The van der Waals surface area contributed by atoms with Crippen LogP contribution in [0.3, 0.4) is 0 Å². The van der Waals surface area contributed by atoms with Crippen molar-refractivity contribution in [3.63, 3.8) is 0 Å². The summed E-state index contributed by atoms with van der Waals surface area (Å²) in [5, 5.41) is 0. The Balaban J connectivity index is 1.67. The van der Waals surface area contributed by atoms with Crippen LogP contribution in [-0.4, -0.2) is 42.1 Å². The van der Waals surface area contributed by atoms with E-state index in [-0.39, 0.29) is 11.8 Å². The van der Waals surface area contributed by atoms with Crippen molar-refractivity contribution in [2.75, 3.05) is 30.3 Å². The number of likely N-dealkylation sites (tertiary alicyclic amines) is 1. The standard InChI is InChI=1S/C15H18N2O2S/c18-14(16-8-3-4-9-16)7-10-17-12-5-1-2-6-13(12)20-11-15(17)19/h1-2,5-6H,3-4,7-11H2. The van der Waals surface area contributed by atoms with Gasteiger partial charge in [-0.2, -0.15) is 0 Å². The summed E-state index contributed by atoms with van der Waals surface area (Å²) in [6, 6.07) is 7.91. The molecule has 2 heterocycles. The molecular weight excluding hydrogens is 272 g/mol. The van der Waals surface area contributed by atoms with Crippen molar-refractivity contribution in [2.45, 2.75) is 24.2 Å². The summed E-state index contributed by atoms with van der Waals surface area (Å²) in [7, 11) is 0. The maximum atomic E-state index is 12.1. The predicted molar refractivity (Wildman–Crippen MR) is 80.0 cm³/mol. The number of anilines is 1. The van der Waals surface area contributed by atoms with Gasteiger partial charge in [0.05, 0.1) is 11.4 Å². The van der Waals surface area contributed by atoms with Gasteiger partial charge in [-0.05, 0) is 25.0 Å². The van der Waals surface area contributed by atoms with Gasteiger partial charge in [0.25, 0.3) is 0 Å². The first-order chi connectivity index (χ1) is 9.75. The SMILES string of the molecule is O=C(CCN1C(=O)CSc2ccccc21)N1CCCC1. The molecule has 2 aliphatic heterocycles. The van der Waals surface area contributed by atoms with Crippen LogP contribution in [0.15, 0.2) is 29.2 Å². The molecule has 1 aromatic rings. The number of carbonyl (C=O) groups excluding carboxylic acids is 2. The number of hydrogen-bond acceptors (Lipinski definition) is 3. The summed E-state index contributed by atoms with van der Waals surface area (Å²) in [4.78, 5) is 29.0. The molecule has 3 rings (SSSR count). The average Bonchev–Trinajstić information content (AvgIpc) is 3.00. The molecule has 1 fully saturated rings. The summed E-state index contributed by atoms with van der Waals surface area (Å²) >= 11 is 1.57. The van der Waals surface area contributed by atoms with Crippen LogP contribution in [0.2, 0.25) is 0 Å². The van der Waals surface area contributed by atoms with E-state index in [1.807, 2.05) is 29.2 Å². The molecule has 1 saturated heterocycles. The fraction of sp³-hybridized carbons (Fsp3) is 0.467. The number of amides is 2. The van der Waals surface area contributed by atoms with Crippen molar-refractivity contribution in [1.82, 2.24) is 4.90 Å². The van der Waals surface area contributed by atoms with Crippen LogP contribution >= 0.6 is 11.8 Å². The number of rotatable bonds is 3. The largest absolute Gasteiger partial charge is 0.343 e. The van der Waals surface area contributed by atoms with Gasteiger partial charge < -0.3 is 9.80 Å². The molecule has 0 bridgehead atoms. The Morgan fingerprint density at radius 2 is 1.95 bits per heavy atom. The fourth-order valence-electron chi connectivity index (χ4n) is 2.73. The minimum absolute atomic E-state index is 0.0999. The van der Waals surface area contributed by atoms with Gasteiger partial charge >= 0.3 is 0 Å². The van der Waals surface area contributed by atoms with Gasteiger partial charge in [-0.15, -0.1) is 11.8 Å². The van der Waals surface area contributed by atoms with E-state index in [0.717, 1.165) is 36.5 Å². The van der Waals surface area contributed by atoms with E-state index >= 15 is 0 Å². The minimum atomic E-state index is 0.0999. The molecule has 0 atom stereocenters. The van der Waals surface area contributed by atoms with Gasteiger partial charge in [-0.25, -0.2) is 0 Å². The van der Waals surface area contributed by atoms with Gasteiger partial charge in [-0.1, -0.05) is 12.1 Å². The minimum Gasteiger partial charge on any atom is -0.343 e. The summed E-state index contributed by atoms with van der Waals surface area (Å²) < 4.78 is 0. The number of thioether (sulfide) groups is 1. The second-order valence-electron chi connectivity index (χ2n) is 5.14. The molecule has 2 amide bonds. The molecule has 0 unspecified atom stereocenters. The fourth-order valence-corrected chi connectivity index (χ4v) is 3.67. The summed E-state index contributed by atoms with van der Waals surface area (Å²) in [5.41, 5.74) is 0.947. The molecule has 0 aliphatic carbocycles. The van der Waals surface area contributed by atoms with E-state index < -0.39 is 0 Å². The molecule has 0 radical (unpaired) electrons. The second-order valence-corrected chi connectivity index (χ2v) is 6.16. The second kappa shape index (κ2) is 5.87. The number of nitrogens with zero attached hydrogens (tertiary/aromatic N) is 2. The highest BCUT2D eigenvalue weighted by Gasteiger charge is 2.26. The Morgan fingerprint density at radius 1 is 1.20 bits per heavy atom. The highest BCUT2D eigenvalue weighted by Crippen LogP contribution is 2.34. The molecule has 2 aliphatic rings. The van der Waals surface area contributed by atoms with Crippen LogP contribution in [0.5, 0.6) is 0 Å². The van der Waals surface area contributed by atoms with Crippen LogP contribution in [0.1, 0.15) is 19.3 Å². The van der Waals surface area contributed by atoms with Crippen molar-refractivity contribution in [1.29, 1.82) is 0 Å². The van der Waals surface area contributed by atoms with Gasteiger partial charge in [0.2, 0.25) is 11.8 Å². The van der Waals surface area contributed by atoms with Crippen LogP contribution in [0.4, 0.5) is 5.69 Å². The Morgan fingerprint density at radius 3 is 2.75 bits per heavy atom. The summed E-state index contributed by atoms with van der Waals surface area (Å²) in [5.74, 6) is 0.739. The van der Waals surface area contributed by atoms with E-state index in [2.05, 4.69) is 0 Å². The normalized spacial score (nSPS) is 18.3. The first kappa shape index (κ1) is 13.5. The average molecular weight is 290 g/mol. The van der Waals surface area contributed by atoms with Crippen molar-refractivity contribution >= 4 is 29.3 Å². The molecular formula is C15H18N2O2S. The third kappa shape index (κ3) is 2.68. The first-order valence-electron chi connectivity index (χ1n) is 7.06. The Hall–Kier alpha value is -1.49. The molecule has 0 N–H and O–H groups in total. The summed E-state index contributed by atoms with van der Waals surface area (Å²) in [6.07, 6.45) is 2.63. The van der Waals surface area contributed by atoms with Crippen molar-refractivity contribution in [3.8, 4) is 0 Å². The smallest absolute Gasteiger partial charge is 0.237 e. The number of fused-ring (bicyclic) bond motifs is 1. The van der Waals surface area contributed by atoms with Crippen molar-refractivity contribution in [3.05, 3.63) is 24.3 Å². The quantitative estimate of drug-likeness (QED) is 0.856. The zero-order valence-electron chi connectivity index (χ0n) is 11.4. The van der Waals surface area contributed by atoms with Gasteiger partial charge in [0.15, 0.2) is 0 Å². The lowest BCUT2D eigenvalue weighted by Crippen LogP contribution is -2.39. The zero-order chi connectivity index (χ0) is 13.9. The third-order valence-corrected chi connectivity index (χ3v) is 4.86. The first-order valence-corrected chi connectivity index (χ1v) is 8.04. The molecule has 0 aromatic heterocycles. The van der Waals surface area contributed by atoms with Crippen LogP contribution in [0, 0.1) is 0 Å². The Labute approximate surface area is 123 Å². The Bertz CT molecular complexity index is 526. The third-order valence-electron chi connectivity index (χ3n) is 3.82. The van der Waals surface area contributed by atoms with E-state index in [1.54, 1.807) is 16.7 Å². The molecule has 4 nitrogen and oxygen atoms in total. The monoisotopic (exact) mass is 290 g/mol. The molecule has 5 heteroatoms. The predicted octanol–water partition coefficient (Wildman–Crippen LogP) is 2.14. The number of carbonyl (C=O) groups is 2. The molecule has 0 spiro atoms. The lowest BCUT2D eigenvalue weighted by atomic mass is 10.2.